The molecule has 1 nitrogen and oxygen atoms in total. The Morgan fingerprint density at radius 1 is 1.38 bits per heavy atom. The van der Waals surface area contributed by atoms with Gasteiger partial charge in [0.15, 0.2) is 0 Å². The molecule has 0 radical (unpaired) electrons. The Labute approximate surface area is 134 Å². The number of nitrogens with zero attached hydrogens (tertiary/aromatic N) is 1. The van der Waals surface area contributed by atoms with Crippen molar-refractivity contribution in [3.8, 4) is 0 Å². The van der Waals surface area contributed by atoms with Gasteiger partial charge in [0, 0.05) is 26.7 Å². The van der Waals surface area contributed by atoms with E-state index < -0.39 is 0 Å². The molecule has 21 heavy (non-hydrogen) atoms. The molecule has 0 spiro atoms. The van der Waals surface area contributed by atoms with Gasteiger partial charge in [-0.15, -0.1) is 11.3 Å². The van der Waals surface area contributed by atoms with E-state index in [-0.39, 0.29) is 0 Å². The van der Waals surface area contributed by atoms with Crippen molar-refractivity contribution < 1.29 is 0 Å². The van der Waals surface area contributed by atoms with Crippen molar-refractivity contribution in [2.75, 3.05) is 0 Å². The molecule has 0 N–H and O–H groups in total. The molecule has 1 aliphatic rings. The maximum atomic E-state index is 4.64. The number of rotatable bonds is 4. The molecule has 116 valence electrons. The van der Waals surface area contributed by atoms with Crippen molar-refractivity contribution >= 4 is 17.0 Å². The lowest BCUT2D eigenvalue weighted by Gasteiger charge is -2.33. The smallest absolute Gasteiger partial charge is 0.0487 e. The first-order valence-corrected chi connectivity index (χ1v) is 8.98. The largest absolute Gasteiger partial charge is 0.258 e. The summed E-state index contributed by atoms with van der Waals surface area (Å²) in [6.07, 6.45) is 6.35. The second-order valence-electron chi connectivity index (χ2n) is 7.20. The van der Waals surface area contributed by atoms with Gasteiger partial charge in [-0.05, 0) is 63.4 Å². The van der Waals surface area contributed by atoms with Crippen LogP contribution in [0, 0.1) is 12.3 Å². The first-order chi connectivity index (χ1) is 9.82. The van der Waals surface area contributed by atoms with E-state index in [0.29, 0.717) is 5.41 Å². The molecule has 0 aliphatic heterocycles. The van der Waals surface area contributed by atoms with Crippen LogP contribution < -0.4 is 0 Å². The van der Waals surface area contributed by atoms with Gasteiger partial charge >= 0.3 is 0 Å². The number of hydrogen-bond donors (Lipinski definition) is 0. The second-order valence-corrected chi connectivity index (χ2v) is 8.49. The summed E-state index contributed by atoms with van der Waals surface area (Å²) >= 11 is 1.98. The third-order valence-electron chi connectivity index (χ3n) is 4.65. The minimum absolute atomic E-state index is 0.543. The summed E-state index contributed by atoms with van der Waals surface area (Å²) in [6, 6.07) is 2.41. The molecule has 0 unspecified atom stereocenters. The van der Waals surface area contributed by atoms with Gasteiger partial charge in [-0.1, -0.05) is 27.4 Å². The highest BCUT2D eigenvalue weighted by Crippen LogP contribution is 2.44. The van der Waals surface area contributed by atoms with E-state index in [1.165, 1.54) is 41.8 Å². The highest BCUT2D eigenvalue weighted by atomic mass is 32.1. The monoisotopic (exact) mass is 303 g/mol. The number of hydrogen-bond acceptors (Lipinski definition) is 2. The fourth-order valence-electron chi connectivity index (χ4n) is 3.24. The number of thiophene rings is 1. The Hall–Kier alpha value is -0.890. The maximum absolute atomic E-state index is 4.64. The molecule has 1 saturated carbocycles. The van der Waals surface area contributed by atoms with Crippen LogP contribution in [0.1, 0.15) is 81.0 Å². The van der Waals surface area contributed by atoms with Crippen LogP contribution in [0.15, 0.2) is 23.3 Å². The molecule has 1 aliphatic carbocycles. The predicted octanol–water partition coefficient (Wildman–Crippen LogP) is 6.47. The summed E-state index contributed by atoms with van der Waals surface area (Å²) in [6.45, 7) is 15.1. The van der Waals surface area contributed by atoms with Crippen molar-refractivity contribution in [3.05, 3.63) is 33.7 Å². The van der Waals surface area contributed by atoms with Crippen LogP contribution in [0.5, 0.6) is 0 Å². The minimum atomic E-state index is 0.543. The van der Waals surface area contributed by atoms with Gasteiger partial charge in [0.1, 0.15) is 0 Å². The Bertz CT molecular complexity index is 538. The zero-order valence-corrected chi connectivity index (χ0v) is 15.1. The average Bonchev–Trinajstić information content (AvgIpc) is 2.77. The van der Waals surface area contributed by atoms with E-state index in [1.807, 2.05) is 18.3 Å². The molecule has 0 atom stereocenters. The van der Waals surface area contributed by atoms with E-state index in [1.54, 1.807) is 4.88 Å². The average molecular weight is 304 g/mol. The molecule has 1 fully saturated rings. The molecule has 1 aromatic heterocycles. The van der Waals surface area contributed by atoms with Crippen molar-refractivity contribution in [2.45, 2.75) is 72.6 Å². The summed E-state index contributed by atoms with van der Waals surface area (Å²) in [5.74, 6) is 0.762. The Morgan fingerprint density at radius 2 is 2.00 bits per heavy atom. The highest BCUT2D eigenvalue weighted by Gasteiger charge is 2.28. The predicted molar refractivity (Wildman–Crippen MR) is 95.7 cm³/mol. The van der Waals surface area contributed by atoms with Gasteiger partial charge in [0.2, 0.25) is 0 Å². The highest BCUT2D eigenvalue weighted by molar-refractivity contribution is 7.12. The minimum Gasteiger partial charge on any atom is -0.258 e. The van der Waals surface area contributed by atoms with Crippen molar-refractivity contribution in [1.82, 2.24) is 0 Å². The van der Waals surface area contributed by atoms with E-state index in [2.05, 4.69) is 45.3 Å². The number of aryl methyl sites for hydroxylation is 1. The Kier molecular flexibility index (Phi) is 5.08. The van der Waals surface area contributed by atoms with Crippen LogP contribution in [0.4, 0.5) is 0 Å². The molecule has 0 saturated heterocycles. The van der Waals surface area contributed by atoms with E-state index >= 15 is 0 Å². The summed E-state index contributed by atoms with van der Waals surface area (Å²) in [4.78, 5) is 7.62. The fraction of sp³-hybridized carbons (Fsp3) is 0.632. The third-order valence-corrected chi connectivity index (χ3v) is 5.86. The van der Waals surface area contributed by atoms with Gasteiger partial charge in [-0.3, -0.25) is 4.99 Å². The van der Waals surface area contributed by atoms with E-state index in [4.69, 9.17) is 0 Å². The van der Waals surface area contributed by atoms with Gasteiger partial charge in [0.25, 0.3) is 0 Å². The van der Waals surface area contributed by atoms with Crippen LogP contribution >= 0.6 is 11.3 Å². The molecule has 2 rings (SSSR count). The molecule has 1 heterocycles. The van der Waals surface area contributed by atoms with E-state index in [9.17, 15) is 0 Å². The van der Waals surface area contributed by atoms with Crippen molar-refractivity contribution in [2.24, 2.45) is 10.4 Å². The van der Waals surface area contributed by atoms with Gasteiger partial charge in [0.05, 0.1) is 0 Å². The molecule has 0 amide bonds. The standard InChI is InChI=1S/C19H29NS/c1-7-17(20-13(2)3)16-12-18(21-14(16)4)15-8-10-19(5,6)11-9-15/h12,15H,2,7-11H2,1,3-6H3/b20-17-. The molecular weight excluding hydrogens is 274 g/mol. The third kappa shape index (κ3) is 4.06. The fourth-order valence-corrected chi connectivity index (χ4v) is 4.46. The van der Waals surface area contributed by atoms with Crippen LogP contribution in [-0.4, -0.2) is 5.71 Å². The Balaban J connectivity index is 2.21. The Morgan fingerprint density at radius 3 is 2.52 bits per heavy atom. The van der Waals surface area contributed by atoms with Crippen LogP contribution in [-0.2, 0) is 0 Å². The second kappa shape index (κ2) is 6.48. The first kappa shape index (κ1) is 16.5. The summed E-state index contributed by atoms with van der Waals surface area (Å²) in [7, 11) is 0. The topological polar surface area (TPSA) is 12.4 Å². The lowest BCUT2D eigenvalue weighted by molar-refractivity contribution is 0.226. The first-order valence-electron chi connectivity index (χ1n) is 8.16. The van der Waals surface area contributed by atoms with Crippen molar-refractivity contribution in [1.29, 1.82) is 0 Å². The quantitative estimate of drug-likeness (QED) is 0.565. The molecule has 0 bridgehead atoms. The molecular formula is C19H29NS. The lowest BCUT2D eigenvalue weighted by Crippen LogP contribution is -2.19. The zero-order chi connectivity index (χ0) is 15.6. The van der Waals surface area contributed by atoms with Crippen LogP contribution in [0.25, 0.3) is 0 Å². The summed E-state index contributed by atoms with van der Waals surface area (Å²) in [5, 5.41) is 0. The van der Waals surface area contributed by atoms with Gasteiger partial charge in [-0.25, -0.2) is 0 Å². The van der Waals surface area contributed by atoms with Crippen molar-refractivity contribution in [3.63, 3.8) is 0 Å². The zero-order valence-electron chi connectivity index (χ0n) is 14.3. The van der Waals surface area contributed by atoms with Crippen LogP contribution in [0.2, 0.25) is 0 Å². The lowest BCUT2D eigenvalue weighted by atomic mass is 9.73. The van der Waals surface area contributed by atoms with E-state index in [0.717, 1.165) is 18.0 Å². The molecule has 2 heteroatoms. The number of aliphatic imine (C=N–C) groups is 1. The summed E-state index contributed by atoms with van der Waals surface area (Å²) < 4.78 is 0. The van der Waals surface area contributed by atoms with Gasteiger partial charge in [-0.2, -0.15) is 0 Å². The molecule has 1 aromatic rings. The maximum Gasteiger partial charge on any atom is 0.0487 e. The molecule has 0 aromatic carbocycles. The SMILES string of the molecule is C=C(C)/N=C(/CC)c1cc(C2CCC(C)(C)CC2)sc1C. The normalized spacial score (nSPS) is 19.8. The van der Waals surface area contributed by atoms with Gasteiger partial charge < -0.3 is 0 Å². The summed E-state index contributed by atoms with van der Waals surface area (Å²) in [5.41, 5.74) is 3.99. The van der Waals surface area contributed by atoms with Crippen LogP contribution in [0.3, 0.4) is 0 Å². The number of allylic oxidation sites excluding steroid dienone is 1.